The first-order chi connectivity index (χ1) is 17.9. The van der Waals surface area contributed by atoms with Crippen LogP contribution in [0, 0.1) is 11.7 Å². The lowest BCUT2D eigenvalue weighted by molar-refractivity contribution is 0.0695. The number of carboxylic acids is 1. The average Bonchev–Trinajstić information content (AvgIpc) is 2.90. The Hall–Kier alpha value is -3.93. The number of hydrogen-bond donors (Lipinski definition) is 2. The Labute approximate surface area is 216 Å². The van der Waals surface area contributed by atoms with Crippen molar-refractivity contribution in [2.45, 2.75) is 46.1 Å². The number of rotatable bonds is 11. The van der Waals surface area contributed by atoms with Crippen molar-refractivity contribution in [3.8, 4) is 11.1 Å². The molecule has 0 aliphatic heterocycles. The molecule has 6 heteroatoms. The number of pyridine rings is 1. The van der Waals surface area contributed by atoms with Crippen molar-refractivity contribution in [1.29, 1.82) is 0 Å². The molecule has 0 unspecified atom stereocenters. The fourth-order valence-electron chi connectivity index (χ4n) is 4.88. The highest BCUT2D eigenvalue weighted by molar-refractivity contribution is 5.93. The minimum absolute atomic E-state index is 0.0579. The molecular weight excluding hydrogens is 467 g/mol. The van der Waals surface area contributed by atoms with Gasteiger partial charge in [0.15, 0.2) is 0 Å². The predicted octanol–water partition coefficient (Wildman–Crippen LogP) is 7.18. The van der Waals surface area contributed by atoms with Crippen LogP contribution in [0.25, 0.3) is 22.0 Å². The molecule has 0 fully saturated rings. The van der Waals surface area contributed by atoms with Gasteiger partial charge in [-0.1, -0.05) is 81.3 Å². The van der Waals surface area contributed by atoms with Crippen LogP contribution in [0.15, 0.2) is 77.7 Å². The Kier molecular flexibility index (Phi) is 8.39. The van der Waals surface area contributed by atoms with Gasteiger partial charge >= 0.3 is 5.97 Å². The van der Waals surface area contributed by atoms with Crippen LogP contribution in [-0.2, 0) is 6.54 Å². The summed E-state index contributed by atoms with van der Waals surface area (Å²) in [5.41, 5.74) is 2.87. The van der Waals surface area contributed by atoms with Gasteiger partial charge in [-0.2, -0.15) is 0 Å². The van der Waals surface area contributed by atoms with Crippen LogP contribution in [0.2, 0.25) is 0 Å². The molecule has 0 atom stereocenters. The van der Waals surface area contributed by atoms with Gasteiger partial charge < -0.3 is 15.0 Å². The van der Waals surface area contributed by atoms with Crippen LogP contribution in [0.5, 0.6) is 0 Å². The quantitative estimate of drug-likeness (QED) is 0.229. The van der Waals surface area contributed by atoms with Gasteiger partial charge in [0.25, 0.3) is 0 Å². The summed E-state index contributed by atoms with van der Waals surface area (Å²) in [6.07, 6.45) is 5.60. The number of benzene rings is 3. The maximum absolute atomic E-state index is 15.1. The van der Waals surface area contributed by atoms with E-state index in [4.69, 9.17) is 0 Å². The maximum atomic E-state index is 15.1. The predicted molar refractivity (Wildman–Crippen MR) is 148 cm³/mol. The lowest BCUT2D eigenvalue weighted by atomic mass is 9.98. The van der Waals surface area contributed by atoms with Crippen molar-refractivity contribution in [2.75, 3.05) is 11.9 Å². The fraction of sp³-hybridized carbons (Fsp3) is 0.290. The number of nitrogens with one attached hydrogen (secondary N) is 1. The van der Waals surface area contributed by atoms with Crippen LogP contribution in [-0.4, -0.2) is 22.2 Å². The Bertz CT molecular complexity index is 1420. The van der Waals surface area contributed by atoms with E-state index in [0.717, 1.165) is 48.4 Å². The largest absolute Gasteiger partial charge is 0.477 e. The second-order valence-corrected chi connectivity index (χ2v) is 9.54. The molecule has 3 aromatic carbocycles. The highest BCUT2D eigenvalue weighted by atomic mass is 19.1. The van der Waals surface area contributed by atoms with Crippen molar-refractivity contribution in [1.82, 2.24) is 4.57 Å². The molecular formula is C31H33FN2O3. The number of halogens is 1. The minimum atomic E-state index is -1.33. The molecule has 192 valence electrons. The average molecular weight is 501 g/mol. The molecule has 2 N–H and O–H groups in total. The number of aromatic nitrogens is 1. The topological polar surface area (TPSA) is 71.3 Å². The molecule has 0 saturated carbocycles. The molecule has 5 nitrogen and oxygen atoms in total. The molecule has 0 amide bonds. The molecule has 0 aliphatic rings. The number of anilines is 1. The van der Waals surface area contributed by atoms with E-state index in [2.05, 4.69) is 19.2 Å². The van der Waals surface area contributed by atoms with Crippen LogP contribution in [0.3, 0.4) is 0 Å². The monoisotopic (exact) mass is 500 g/mol. The maximum Gasteiger partial charge on any atom is 0.341 e. The van der Waals surface area contributed by atoms with Crippen LogP contribution >= 0.6 is 0 Å². The summed E-state index contributed by atoms with van der Waals surface area (Å²) in [6.45, 7) is 5.27. The zero-order valence-corrected chi connectivity index (χ0v) is 21.3. The SMILES string of the molecule is CCCC(CCC)CNc1cc2c(cc1F)c(=O)c(C(=O)O)cn2Cc1ccc(-c2ccccc2)cc1. The normalized spacial score (nSPS) is 11.2. The van der Waals surface area contributed by atoms with Crippen molar-refractivity contribution in [3.05, 3.63) is 100 Å². The summed E-state index contributed by atoms with van der Waals surface area (Å²) < 4.78 is 16.8. The summed E-state index contributed by atoms with van der Waals surface area (Å²) in [6, 6.07) is 20.8. The van der Waals surface area contributed by atoms with E-state index in [1.165, 1.54) is 6.20 Å². The molecule has 0 spiro atoms. The van der Waals surface area contributed by atoms with Crippen LogP contribution in [0.1, 0.15) is 55.5 Å². The Morgan fingerprint density at radius 3 is 2.24 bits per heavy atom. The van der Waals surface area contributed by atoms with Crippen LogP contribution in [0.4, 0.5) is 10.1 Å². The van der Waals surface area contributed by atoms with E-state index in [9.17, 15) is 14.7 Å². The molecule has 4 rings (SSSR count). The molecule has 1 aromatic heterocycles. The summed E-state index contributed by atoms with van der Waals surface area (Å²) in [7, 11) is 0. The van der Waals surface area contributed by atoms with Crippen molar-refractivity contribution < 1.29 is 14.3 Å². The summed E-state index contributed by atoms with van der Waals surface area (Å²) in [4.78, 5) is 24.7. The summed E-state index contributed by atoms with van der Waals surface area (Å²) in [5, 5.41) is 12.9. The smallest absolute Gasteiger partial charge is 0.341 e. The number of carbonyl (C=O) groups is 1. The van der Waals surface area contributed by atoms with Crippen LogP contribution < -0.4 is 10.7 Å². The first-order valence-electron chi connectivity index (χ1n) is 12.9. The standard InChI is InChI=1S/C31H33FN2O3/c1-3-8-21(9-4-2)18-33-28-17-29-25(16-27(28)32)30(35)26(31(36)37)20-34(29)19-22-12-14-24(15-13-22)23-10-6-5-7-11-23/h5-7,10-17,20-21,33H,3-4,8-9,18-19H2,1-2H3,(H,36,37). The van der Waals surface area contributed by atoms with Gasteiger partial charge in [-0.3, -0.25) is 4.79 Å². The van der Waals surface area contributed by atoms with Crippen molar-refractivity contribution >= 4 is 22.6 Å². The summed E-state index contributed by atoms with van der Waals surface area (Å²) in [5.74, 6) is -1.45. The van der Waals surface area contributed by atoms with E-state index >= 15 is 4.39 Å². The van der Waals surface area contributed by atoms with Gasteiger partial charge in [0.2, 0.25) is 5.43 Å². The summed E-state index contributed by atoms with van der Waals surface area (Å²) >= 11 is 0. The number of aromatic carboxylic acids is 1. The zero-order chi connectivity index (χ0) is 26.4. The lowest BCUT2D eigenvalue weighted by Gasteiger charge is -2.19. The first kappa shape index (κ1) is 26.1. The Balaban J connectivity index is 1.71. The molecule has 4 aromatic rings. The first-order valence-corrected chi connectivity index (χ1v) is 12.9. The third-order valence-corrected chi connectivity index (χ3v) is 6.79. The van der Waals surface area contributed by atoms with Gasteiger partial charge in [-0.25, -0.2) is 9.18 Å². The number of carboxylic acid groups (broad SMARTS) is 1. The van der Waals surface area contributed by atoms with Gasteiger partial charge in [0.05, 0.1) is 11.2 Å². The Morgan fingerprint density at radius 1 is 0.973 bits per heavy atom. The van der Waals surface area contributed by atoms with E-state index in [1.54, 1.807) is 10.6 Å². The molecule has 1 heterocycles. The lowest BCUT2D eigenvalue weighted by Crippen LogP contribution is -2.20. The van der Waals surface area contributed by atoms with Gasteiger partial charge in [0, 0.05) is 24.7 Å². The van der Waals surface area contributed by atoms with Gasteiger partial charge in [0.1, 0.15) is 11.4 Å². The van der Waals surface area contributed by atoms with Crippen molar-refractivity contribution in [3.63, 3.8) is 0 Å². The molecule has 0 aliphatic carbocycles. The van der Waals surface area contributed by atoms with E-state index in [0.29, 0.717) is 30.2 Å². The number of nitrogens with zero attached hydrogens (tertiary/aromatic N) is 1. The van der Waals surface area contributed by atoms with Gasteiger partial charge in [-0.15, -0.1) is 0 Å². The minimum Gasteiger partial charge on any atom is -0.477 e. The third kappa shape index (κ3) is 6.08. The highest BCUT2D eigenvalue weighted by Gasteiger charge is 2.18. The highest BCUT2D eigenvalue weighted by Crippen LogP contribution is 2.25. The number of hydrogen-bond acceptors (Lipinski definition) is 3. The zero-order valence-electron chi connectivity index (χ0n) is 21.3. The number of fused-ring (bicyclic) bond motifs is 1. The van der Waals surface area contributed by atoms with Gasteiger partial charge in [-0.05, 0) is 47.6 Å². The molecule has 0 bridgehead atoms. The van der Waals surface area contributed by atoms with E-state index < -0.39 is 17.2 Å². The second kappa shape index (κ2) is 11.9. The molecule has 37 heavy (non-hydrogen) atoms. The molecule has 0 radical (unpaired) electrons. The van der Waals surface area contributed by atoms with Crippen molar-refractivity contribution in [2.24, 2.45) is 5.92 Å². The van der Waals surface area contributed by atoms with E-state index in [1.807, 2.05) is 54.6 Å². The second-order valence-electron chi connectivity index (χ2n) is 9.54. The fourth-order valence-corrected chi connectivity index (χ4v) is 4.88. The third-order valence-electron chi connectivity index (χ3n) is 6.79. The molecule has 0 saturated heterocycles. The van der Waals surface area contributed by atoms with E-state index in [-0.39, 0.29) is 10.9 Å². The Morgan fingerprint density at radius 2 is 1.62 bits per heavy atom.